The summed E-state index contributed by atoms with van der Waals surface area (Å²) in [6, 6.07) is 5.21. The second-order valence-corrected chi connectivity index (χ2v) is 5.95. The van der Waals surface area contributed by atoms with Crippen LogP contribution in [0.15, 0.2) is 30.6 Å². The average Bonchev–Trinajstić information content (AvgIpc) is 2.66. The Labute approximate surface area is 164 Å². The van der Waals surface area contributed by atoms with Crippen molar-refractivity contribution >= 4 is 28.9 Å². The number of nitrogens with zero attached hydrogens (tertiary/aromatic N) is 4. The van der Waals surface area contributed by atoms with Crippen molar-refractivity contribution in [2.75, 3.05) is 24.5 Å². The molecule has 0 bridgehead atoms. The van der Waals surface area contributed by atoms with Crippen LogP contribution in [-0.4, -0.2) is 45.5 Å². The Hall–Kier alpha value is -3.87. The fourth-order valence-corrected chi connectivity index (χ4v) is 2.37. The summed E-state index contributed by atoms with van der Waals surface area (Å²) in [5.74, 6) is -0.746. The van der Waals surface area contributed by atoms with Gasteiger partial charge >= 0.3 is 5.69 Å². The molecule has 0 aliphatic heterocycles. The van der Waals surface area contributed by atoms with Gasteiger partial charge in [-0.15, -0.1) is 0 Å². The molecule has 0 aliphatic rings. The maximum Gasteiger partial charge on any atom is 0.354 e. The first-order valence-corrected chi connectivity index (χ1v) is 8.34. The summed E-state index contributed by atoms with van der Waals surface area (Å²) in [5.41, 5.74) is 4.73. The Morgan fingerprint density at radius 3 is 2.38 bits per heavy atom. The number of hydrazine groups is 1. The smallest absolute Gasteiger partial charge is 0.354 e. The fraction of sp³-hybridized carbons (Fsp3) is 0.312. The number of aromatic nitrogens is 2. The lowest BCUT2D eigenvalue weighted by Crippen LogP contribution is -2.32. The van der Waals surface area contributed by atoms with Gasteiger partial charge in [-0.1, -0.05) is 12.1 Å². The molecule has 154 valence electrons. The molecule has 0 spiro atoms. The number of amides is 1. The zero-order chi connectivity index (χ0) is 21.4. The van der Waals surface area contributed by atoms with Gasteiger partial charge in [0.2, 0.25) is 17.5 Å². The number of carbonyl (C=O) groups is 1. The molecule has 0 saturated heterocycles. The fourth-order valence-electron chi connectivity index (χ4n) is 2.37. The lowest BCUT2D eigenvalue weighted by molar-refractivity contribution is -0.384. The van der Waals surface area contributed by atoms with Gasteiger partial charge in [0, 0.05) is 25.3 Å². The van der Waals surface area contributed by atoms with Crippen molar-refractivity contribution in [1.82, 2.24) is 15.4 Å². The topological polar surface area (TPSA) is 174 Å². The van der Waals surface area contributed by atoms with E-state index in [1.165, 1.54) is 31.4 Å². The van der Waals surface area contributed by atoms with Crippen LogP contribution in [0, 0.1) is 20.2 Å². The maximum atomic E-state index is 12.1. The summed E-state index contributed by atoms with van der Waals surface area (Å²) in [6.45, 7) is 2.06. The predicted octanol–water partition coefficient (Wildman–Crippen LogP) is 1.43. The lowest BCUT2D eigenvalue weighted by atomic mass is 10.1. The third-order valence-corrected chi connectivity index (χ3v) is 3.64. The van der Waals surface area contributed by atoms with Crippen LogP contribution in [0.25, 0.3) is 0 Å². The minimum absolute atomic E-state index is 0.0262. The predicted molar refractivity (Wildman–Crippen MR) is 102 cm³/mol. The molecule has 1 unspecified atom stereocenters. The molecule has 13 nitrogen and oxygen atoms in total. The van der Waals surface area contributed by atoms with Crippen molar-refractivity contribution in [1.29, 1.82) is 0 Å². The van der Waals surface area contributed by atoms with E-state index >= 15 is 0 Å². The number of non-ortho nitro benzene ring substituents is 1. The van der Waals surface area contributed by atoms with Crippen LogP contribution in [0.4, 0.5) is 23.0 Å². The van der Waals surface area contributed by atoms with Crippen LogP contribution in [0.5, 0.6) is 0 Å². The minimum Gasteiger partial charge on any atom is -0.383 e. The number of ether oxygens (including phenoxy) is 1. The second kappa shape index (κ2) is 9.89. The van der Waals surface area contributed by atoms with Gasteiger partial charge in [0.25, 0.3) is 5.69 Å². The van der Waals surface area contributed by atoms with E-state index in [-0.39, 0.29) is 29.8 Å². The van der Waals surface area contributed by atoms with E-state index in [2.05, 4.69) is 26.1 Å². The molecule has 0 fully saturated rings. The summed E-state index contributed by atoms with van der Waals surface area (Å²) < 4.78 is 4.98. The first kappa shape index (κ1) is 21.4. The molecule has 1 aromatic carbocycles. The number of nitro benzene ring substituents is 1. The van der Waals surface area contributed by atoms with Crippen molar-refractivity contribution < 1.29 is 19.4 Å². The zero-order valence-corrected chi connectivity index (χ0v) is 15.6. The molecule has 0 aliphatic carbocycles. The Balaban J connectivity index is 2.06. The highest BCUT2D eigenvalue weighted by Crippen LogP contribution is 2.28. The largest absolute Gasteiger partial charge is 0.383 e. The van der Waals surface area contributed by atoms with Crippen LogP contribution < -0.4 is 16.2 Å². The summed E-state index contributed by atoms with van der Waals surface area (Å²) in [6.07, 6.45) is 1.01. The van der Waals surface area contributed by atoms with E-state index in [0.29, 0.717) is 12.2 Å². The number of nitro groups is 2. The van der Waals surface area contributed by atoms with Crippen molar-refractivity contribution in [2.24, 2.45) is 0 Å². The van der Waals surface area contributed by atoms with E-state index in [9.17, 15) is 25.0 Å². The molecule has 13 heteroatoms. The van der Waals surface area contributed by atoms with Gasteiger partial charge in [0.1, 0.15) is 6.33 Å². The van der Waals surface area contributed by atoms with Crippen LogP contribution in [0.1, 0.15) is 12.5 Å². The quantitative estimate of drug-likeness (QED) is 0.387. The van der Waals surface area contributed by atoms with Crippen molar-refractivity contribution in [2.45, 2.75) is 19.4 Å². The Bertz CT molecular complexity index is 890. The Kier molecular flexibility index (Phi) is 7.31. The molecule has 2 aromatic rings. The number of rotatable bonds is 10. The Morgan fingerprint density at radius 1 is 1.14 bits per heavy atom. The lowest BCUT2D eigenvalue weighted by Gasteiger charge is -2.14. The maximum absolute atomic E-state index is 12.1. The van der Waals surface area contributed by atoms with E-state index in [1.807, 2.05) is 0 Å². The van der Waals surface area contributed by atoms with Gasteiger partial charge < -0.3 is 10.1 Å². The van der Waals surface area contributed by atoms with Gasteiger partial charge in [0.05, 0.1) is 22.9 Å². The van der Waals surface area contributed by atoms with E-state index < -0.39 is 21.4 Å². The third kappa shape index (κ3) is 6.07. The van der Waals surface area contributed by atoms with Gasteiger partial charge in [-0.05, 0) is 12.5 Å². The molecule has 1 heterocycles. The molecule has 29 heavy (non-hydrogen) atoms. The van der Waals surface area contributed by atoms with E-state index in [1.54, 1.807) is 6.92 Å². The molecule has 0 saturated carbocycles. The number of hydrogen-bond donors (Lipinski definition) is 3. The van der Waals surface area contributed by atoms with E-state index in [0.717, 1.165) is 6.33 Å². The SMILES string of the molecule is COCC(C)Nc1ncnc(NNC(=O)Cc2ccc([N+](=O)[O-])cc2)c1[N+](=O)[O-]. The number of nitrogens with one attached hydrogen (secondary N) is 3. The molecular formula is C16H19N7O6. The van der Waals surface area contributed by atoms with Gasteiger partial charge in [-0.25, -0.2) is 9.97 Å². The highest BCUT2D eigenvalue weighted by Gasteiger charge is 2.24. The number of carbonyl (C=O) groups excluding carboxylic acids is 1. The van der Waals surface area contributed by atoms with Crippen molar-refractivity contribution in [3.63, 3.8) is 0 Å². The van der Waals surface area contributed by atoms with Crippen molar-refractivity contribution in [3.05, 3.63) is 56.4 Å². The molecular weight excluding hydrogens is 386 g/mol. The van der Waals surface area contributed by atoms with Crippen LogP contribution in [0.2, 0.25) is 0 Å². The molecule has 1 amide bonds. The first-order valence-electron chi connectivity index (χ1n) is 8.34. The van der Waals surface area contributed by atoms with Gasteiger partial charge in [-0.3, -0.25) is 35.9 Å². The highest BCUT2D eigenvalue weighted by atomic mass is 16.6. The van der Waals surface area contributed by atoms with Crippen LogP contribution >= 0.6 is 0 Å². The number of methoxy groups -OCH3 is 1. The standard InChI is InChI=1S/C16H19N7O6/c1-10(8-29-2)19-15-14(23(27)28)16(18-9-17-15)21-20-13(24)7-11-3-5-12(6-4-11)22(25)26/h3-6,9-10H,7-8H2,1-2H3,(H,20,24)(H2,17,18,19,21). The van der Waals surface area contributed by atoms with E-state index in [4.69, 9.17) is 4.74 Å². The Morgan fingerprint density at radius 2 is 1.79 bits per heavy atom. The summed E-state index contributed by atoms with van der Waals surface area (Å²) >= 11 is 0. The van der Waals surface area contributed by atoms with Gasteiger partial charge in [-0.2, -0.15) is 0 Å². The molecule has 3 N–H and O–H groups in total. The van der Waals surface area contributed by atoms with Crippen molar-refractivity contribution in [3.8, 4) is 0 Å². The number of hydrogen-bond acceptors (Lipinski definition) is 10. The third-order valence-electron chi connectivity index (χ3n) is 3.64. The summed E-state index contributed by atoms with van der Waals surface area (Å²) in [5, 5.41) is 24.9. The van der Waals surface area contributed by atoms with Crippen LogP contribution in [-0.2, 0) is 16.0 Å². The number of anilines is 2. The minimum atomic E-state index is -0.674. The molecule has 2 rings (SSSR count). The molecule has 0 radical (unpaired) electrons. The molecule has 1 aromatic heterocycles. The molecule has 1 atom stereocenters. The number of benzene rings is 1. The highest BCUT2D eigenvalue weighted by molar-refractivity contribution is 5.81. The summed E-state index contributed by atoms with van der Waals surface area (Å²) in [7, 11) is 1.50. The zero-order valence-electron chi connectivity index (χ0n) is 15.6. The normalized spacial score (nSPS) is 11.4. The second-order valence-electron chi connectivity index (χ2n) is 5.95. The average molecular weight is 405 g/mol. The summed E-state index contributed by atoms with van der Waals surface area (Å²) in [4.78, 5) is 40.6. The van der Waals surface area contributed by atoms with Crippen LogP contribution in [0.3, 0.4) is 0 Å². The van der Waals surface area contributed by atoms with Gasteiger partial charge in [0.15, 0.2) is 0 Å². The first-order chi connectivity index (χ1) is 13.8. The monoisotopic (exact) mass is 405 g/mol.